The van der Waals surface area contributed by atoms with Gasteiger partial charge in [-0.3, -0.25) is 0 Å². The number of thiazole rings is 1. The van der Waals surface area contributed by atoms with Crippen LogP contribution in [0.2, 0.25) is 0 Å². The predicted octanol–water partition coefficient (Wildman–Crippen LogP) is 3.43. The van der Waals surface area contributed by atoms with Crippen molar-refractivity contribution >= 4 is 11.3 Å². The first-order valence-corrected chi connectivity index (χ1v) is 8.53. The first-order chi connectivity index (χ1) is 10.3. The van der Waals surface area contributed by atoms with Crippen LogP contribution in [-0.4, -0.2) is 30.8 Å². The van der Waals surface area contributed by atoms with Gasteiger partial charge in [-0.1, -0.05) is 29.8 Å². The van der Waals surface area contributed by atoms with E-state index in [1.807, 2.05) is 0 Å². The second-order valence-corrected chi connectivity index (χ2v) is 6.52. The molecule has 0 radical (unpaired) electrons. The molecule has 0 saturated carbocycles. The van der Waals surface area contributed by atoms with E-state index in [4.69, 9.17) is 9.72 Å². The van der Waals surface area contributed by atoms with Crippen LogP contribution in [0.4, 0.5) is 0 Å². The van der Waals surface area contributed by atoms with Crippen molar-refractivity contribution in [3.05, 3.63) is 40.2 Å². The first-order valence-electron chi connectivity index (χ1n) is 7.65. The van der Waals surface area contributed by atoms with E-state index in [-0.39, 0.29) is 0 Å². The molecule has 0 bridgehead atoms. The highest BCUT2D eigenvalue weighted by Crippen LogP contribution is 2.22. The summed E-state index contributed by atoms with van der Waals surface area (Å²) in [7, 11) is 0. The van der Waals surface area contributed by atoms with E-state index < -0.39 is 0 Å². The smallest absolute Gasteiger partial charge is 0.0945 e. The third kappa shape index (κ3) is 4.13. The number of aryl methyl sites for hydroxylation is 1. The van der Waals surface area contributed by atoms with Gasteiger partial charge < -0.3 is 10.1 Å². The van der Waals surface area contributed by atoms with Crippen LogP contribution < -0.4 is 5.32 Å². The van der Waals surface area contributed by atoms with Gasteiger partial charge in [-0.2, -0.15) is 0 Å². The summed E-state index contributed by atoms with van der Waals surface area (Å²) in [6.45, 7) is 4.98. The molecule has 4 heteroatoms. The lowest BCUT2D eigenvalue weighted by atomic mass is 10.1. The number of benzene rings is 1. The summed E-state index contributed by atoms with van der Waals surface area (Å²) in [5, 5.41) is 6.83. The minimum Gasteiger partial charge on any atom is -0.377 e. The fraction of sp³-hybridized carbons (Fsp3) is 0.471. The summed E-state index contributed by atoms with van der Waals surface area (Å²) < 4.78 is 5.60. The Kier molecular flexibility index (Phi) is 5.01. The van der Waals surface area contributed by atoms with Crippen LogP contribution >= 0.6 is 11.3 Å². The van der Waals surface area contributed by atoms with Crippen molar-refractivity contribution in [2.45, 2.75) is 32.3 Å². The molecule has 1 saturated heterocycles. The van der Waals surface area contributed by atoms with Gasteiger partial charge in [-0.05, 0) is 19.8 Å². The Morgan fingerprint density at radius 2 is 2.19 bits per heavy atom. The molecule has 1 unspecified atom stereocenters. The SMILES string of the molecule is Cc1ccc(-c2csc(CCNCC3CCCO3)n2)cc1. The Labute approximate surface area is 130 Å². The van der Waals surface area contributed by atoms with E-state index in [1.54, 1.807) is 11.3 Å². The summed E-state index contributed by atoms with van der Waals surface area (Å²) >= 11 is 1.75. The summed E-state index contributed by atoms with van der Waals surface area (Å²) in [4.78, 5) is 4.73. The molecule has 0 aliphatic carbocycles. The molecule has 1 N–H and O–H groups in total. The molecule has 21 heavy (non-hydrogen) atoms. The molecule has 1 atom stereocenters. The lowest BCUT2D eigenvalue weighted by molar-refractivity contribution is 0.110. The average molecular weight is 302 g/mol. The van der Waals surface area contributed by atoms with Gasteiger partial charge in [-0.15, -0.1) is 11.3 Å². The third-order valence-corrected chi connectivity index (χ3v) is 4.72. The molecule has 2 heterocycles. The molecule has 3 nitrogen and oxygen atoms in total. The predicted molar refractivity (Wildman–Crippen MR) is 87.8 cm³/mol. The first kappa shape index (κ1) is 14.7. The Morgan fingerprint density at radius 1 is 1.33 bits per heavy atom. The summed E-state index contributed by atoms with van der Waals surface area (Å²) in [5.74, 6) is 0. The zero-order valence-electron chi connectivity index (χ0n) is 12.5. The minimum atomic E-state index is 0.421. The van der Waals surface area contributed by atoms with E-state index in [2.05, 4.69) is 41.9 Å². The molecule has 112 valence electrons. The van der Waals surface area contributed by atoms with Crippen LogP contribution in [0.25, 0.3) is 11.3 Å². The standard InChI is InChI=1S/C17H22N2OS/c1-13-4-6-14(7-5-13)16-12-21-17(19-16)8-9-18-11-15-3-2-10-20-15/h4-7,12,15,18H,2-3,8-11H2,1H3. The van der Waals surface area contributed by atoms with Gasteiger partial charge in [0.05, 0.1) is 16.8 Å². The van der Waals surface area contributed by atoms with Crippen LogP contribution in [0.3, 0.4) is 0 Å². The van der Waals surface area contributed by atoms with E-state index in [0.717, 1.165) is 31.8 Å². The van der Waals surface area contributed by atoms with Crippen molar-refractivity contribution in [1.29, 1.82) is 0 Å². The number of aromatic nitrogens is 1. The molecular weight excluding hydrogens is 280 g/mol. The third-order valence-electron chi connectivity index (χ3n) is 3.81. The Bertz CT molecular complexity index is 558. The van der Waals surface area contributed by atoms with Gasteiger partial charge in [-0.25, -0.2) is 4.98 Å². The van der Waals surface area contributed by atoms with Gasteiger partial charge in [0.25, 0.3) is 0 Å². The molecule has 0 amide bonds. The van der Waals surface area contributed by atoms with E-state index in [1.165, 1.54) is 29.0 Å². The highest BCUT2D eigenvalue weighted by Gasteiger charge is 2.14. The van der Waals surface area contributed by atoms with Gasteiger partial charge in [0.2, 0.25) is 0 Å². The molecule has 1 aromatic carbocycles. The highest BCUT2D eigenvalue weighted by molar-refractivity contribution is 7.09. The molecule has 1 aromatic heterocycles. The zero-order valence-corrected chi connectivity index (χ0v) is 13.3. The van der Waals surface area contributed by atoms with Crippen molar-refractivity contribution in [3.8, 4) is 11.3 Å². The molecule has 1 aliphatic rings. The van der Waals surface area contributed by atoms with Crippen LogP contribution in [0.1, 0.15) is 23.4 Å². The van der Waals surface area contributed by atoms with Gasteiger partial charge in [0, 0.05) is 37.1 Å². The number of nitrogens with one attached hydrogen (secondary N) is 1. The number of nitrogens with zero attached hydrogens (tertiary/aromatic N) is 1. The van der Waals surface area contributed by atoms with Crippen molar-refractivity contribution in [2.24, 2.45) is 0 Å². The number of ether oxygens (including phenoxy) is 1. The molecule has 0 spiro atoms. The maximum Gasteiger partial charge on any atom is 0.0945 e. The van der Waals surface area contributed by atoms with Gasteiger partial charge >= 0.3 is 0 Å². The highest BCUT2D eigenvalue weighted by atomic mass is 32.1. The quantitative estimate of drug-likeness (QED) is 0.830. The Morgan fingerprint density at radius 3 is 2.95 bits per heavy atom. The van der Waals surface area contributed by atoms with Crippen molar-refractivity contribution in [2.75, 3.05) is 19.7 Å². The van der Waals surface area contributed by atoms with E-state index >= 15 is 0 Å². The van der Waals surface area contributed by atoms with Gasteiger partial charge in [0.1, 0.15) is 0 Å². The molecular formula is C17H22N2OS. The van der Waals surface area contributed by atoms with Crippen molar-refractivity contribution < 1.29 is 4.74 Å². The maximum atomic E-state index is 5.60. The fourth-order valence-electron chi connectivity index (χ4n) is 2.55. The topological polar surface area (TPSA) is 34.1 Å². The summed E-state index contributed by atoms with van der Waals surface area (Å²) in [5.41, 5.74) is 3.58. The second kappa shape index (κ2) is 7.16. The van der Waals surface area contributed by atoms with Crippen molar-refractivity contribution in [1.82, 2.24) is 10.3 Å². The van der Waals surface area contributed by atoms with Crippen LogP contribution in [0.15, 0.2) is 29.6 Å². The van der Waals surface area contributed by atoms with Crippen molar-refractivity contribution in [3.63, 3.8) is 0 Å². The summed E-state index contributed by atoms with van der Waals surface area (Å²) in [6, 6.07) is 8.56. The second-order valence-electron chi connectivity index (χ2n) is 5.58. The lowest BCUT2D eigenvalue weighted by Gasteiger charge is -2.09. The average Bonchev–Trinajstić information content (AvgIpc) is 3.16. The minimum absolute atomic E-state index is 0.421. The molecule has 2 aromatic rings. The van der Waals surface area contributed by atoms with Crippen LogP contribution in [-0.2, 0) is 11.2 Å². The number of hydrogen-bond acceptors (Lipinski definition) is 4. The zero-order chi connectivity index (χ0) is 14.5. The Hall–Kier alpha value is -1.23. The fourth-order valence-corrected chi connectivity index (χ4v) is 3.35. The monoisotopic (exact) mass is 302 g/mol. The number of hydrogen-bond donors (Lipinski definition) is 1. The van der Waals surface area contributed by atoms with Crippen LogP contribution in [0.5, 0.6) is 0 Å². The number of rotatable bonds is 6. The largest absolute Gasteiger partial charge is 0.377 e. The van der Waals surface area contributed by atoms with E-state index in [9.17, 15) is 0 Å². The molecule has 1 fully saturated rings. The van der Waals surface area contributed by atoms with Crippen LogP contribution in [0, 0.1) is 6.92 Å². The molecule has 1 aliphatic heterocycles. The lowest BCUT2D eigenvalue weighted by Crippen LogP contribution is -2.27. The van der Waals surface area contributed by atoms with E-state index in [0.29, 0.717) is 6.10 Å². The Balaban J connectivity index is 1.47. The maximum absolute atomic E-state index is 5.60. The molecule has 3 rings (SSSR count). The normalized spacial score (nSPS) is 18.2. The summed E-state index contributed by atoms with van der Waals surface area (Å²) in [6.07, 6.45) is 3.81. The van der Waals surface area contributed by atoms with Gasteiger partial charge in [0.15, 0.2) is 0 Å².